The molecule has 0 aliphatic carbocycles. The molecule has 19 heavy (non-hydrogen) atoms. The normalized spacial score (nSPS) is 24.1. The Morgan fingerprint density at radius 2 is 2.21 bits per heavy atom. The number of hydrogen-bond donors (Lipinski definition) is 1. The molecule has 0 amide bonds. The zero-order chi connectivity index (χ0) is 13.8. The molecular formula is C15H23FN2S. The molecule has 2 rings (SSSR count). The van der Waals surface area contributed by atoms with Crippen LogP contribution in [0.5, 0.6) is 0 Å². The first kappa shape index (κ1) is 14.8. The van der Waals surface area contributed by atoms with Gasteiger partial charge >= 0.3 is 0 Å². The summed E-state index contributed by atoms with van der Waals surface area (Å²) >= 11 is 2.02. The Morgan fingerprint density at radius 1 is 1.47 bits per heavy atom. The molecule has 0 bridgehead atoms. The van der Waals surface area contributed by atoms with Gasteiger partial charge in [-0.25, -0.2) is 4.39 Å². The summed E-state index contributed by atoms with van der Waals surface area (Å²) in [5, 5.41) is 0.641. The third-order valence-electron chi connectivity index (χ3n) is 3.74. The van der Waals surface area contributed by atoms with Crippen molar-refractivity contribution in [2.45, 2.75) is 37.6 Å². The average molecular weight is 282 g/mol. The van der Waals surface area contributed by atoms with Crippen LogP contribution in [0, 0.1) is 5.82 Å². The van der Waals surface area contributed by atoms with Crippen LogP contribution in [0.3, 0.4) is 0 Å². The highest BCUT2D eigenvalue weighted by Crippen LogP contribution is 2.31. The number of benzene rings is 1. The van der Waals surface area contributed by atoms with Crippen molar-refractivity contribution in [1.29, 1.82) is 0 Å². The van der Waals surface area contributed by atoms with Crippen molar-refractivity contribution in [3.63, 3.8) is 0 Å². The van der Waals surface area contributed by atoms with E-state index in [1.54, 1.807) is 6.07 Å². The van der Waals surface area contributed by atoms with Crippen molar-refractivity contribution in [2.24, 2.45) is 5.73 Å². The Kier molecular flexibility index (Phi) is 5.25. The van der Waals surface area contributed by atoms with Crippen LogP contribution in [0.1, 0.15) is 31.9 Å². The lowest BCUT2D eigenvalue weighted by Gasteiger charge is -2.40. The van der Waals surface area contributed by atoms with E-state index in [4.69, 9.17) is 5.73 Å². The minimum absolute atomic E-state index is 0.0175. The van der Waals surface area contributed by atoms with Gasteiger partial charge in [0.2, 0.25) is 0 Å². The van der Waals surface area contributed by atoms with Gasteiger partial charge in [-0.15, -0.1) is 0 Å². The molecule has 2 nitrogen and oxygen atoms in total. The largest absolute Gasteiger partial charge is 0.326 e. The molecule has 106 valence electrons. The van der Waals surface area contributed by atoms with Crippen LogP contribution >= 0.6 is 11.8 Å². The predicted molar refractivity (Wildman–Crippen MR) is 80.9 cm³/mol. The first-order valence-corrected chi connectivity index (χ1v) is 8.04. The lowest BCUT2D eigenvalue weighted by molar-refractivity contribution is 0.178. The molecule has 1 aliphatic heterocycles. The molecule has 3 atom stereocenters. The standard InChI is InChI=1S/C15H23FN2S/c1-3-12-10-18(8-9-19-12)15(11(2)17)13-6-4-5-7-14(13)16/h4-7,11-12,15H,3,8-10,17H2,1-2H3. The highest BCUT2D eigenvalue weighted by atomic mass is 32.2. The van der Waals surface area contributed by atoms with Gasteiger partial charge in [-0.2, -0.15) is 11.8 Å². The van der Waals surface area contributed by atoms with E-state index in [0.29, 0.717) is 5.25 Å². The highest BCUT2D eigenvalue weighted by Gasteiger charge is 2.30. The summed E-state index contributed by atoms with van der Waals surface area (Å²) in [4.78, 5) is 2.35. The van der Waals surface area contributed by atoms with Gasteiger partial charge in [0.15, 0.2) is 0 Å². The van der Waals surface area contributed by atoms with Crippen LogP contribution in [0.4, 0.5) is 4.39 Å². The van der Waals surface area contributed by atoms with Crippen LogP contribution < -0.4 is 5.73 Å². The molecule has 1 heterocycles. The van der Waals surface area contributed by atoms with Gasteiger partial charge in [-0.1, -0.05) is 25.1 Å². The first-order valence-electron chi connectivity index (χ1n) is 6.99. The van der Waals surface area contributed by atoms with Crippen LogP contribution in [0.25, 0.3) is 0 Å². The quantitative estimate of drug-likeness (QED) is 0.920. The Labute approximate surface area is 119 Å². The smallest absolute Gasteiger partial charge is 0.128 e. The van der Waals surface area contributed by atoms with Crippen molar-refractivity contribution in [3.05, 3.63) is 35.6 Å². The number of thioether (sulfide) groups is 1. The van der Waals surface area contributed by atoms with E-state index < -0.39 is 0 Å². The highest BCUT2D eigenvalue weighted by molar-refractivity contribution is 8.00. The second-order valence-corrected chi connectivity index (χ2v) is 6.63. The topological polar surface area (TPSA) is 29.3 Å². The lowest BCUT2D eigenvalue weighted by atomic mass is 9.98. The lowest BCUT2D eigenvalue weighted by Crippen LogP contribution is -2.46. The number of nitrogens with two attached hydrogens (primary N) is 1. The van der Waals surface area contributed by atoms with Gasteiger partial charge in [0.1, 0.15) is 5.82 Å². The zero-order valence-corrected chi connectivity index (χ0v) is 12.5. The molecule has 0 saturated carbocycles. The molecule has 2 N–H and O–H groups in total. The van der Waals surface area contributed by atoms with Crippen molar-refractivity contribution in [2.75, 3.05) is 18.8 Å². The van der Waals surface area contributed by atoms with E-state index in [2.05, 4.69) is 11.8 Å². The fourth-order valence-corrected chi connectivity index (χ4v) is 3.98. The maximum Gasteiger partial charge on any atom is 0.128 e. The number of nitrogens with zero attached hydrogens (tertiary/aromatic N) is 1. The molecule has 1 aromatic rings. The Bertz CT molecular complexity index is 411. The van der Waals surface area contributed by atoms with E-state index >= 15 is 0 Å². The summed E-state index contributed by atoms with van der Waals surface area (Å²) < 4.78 is 14.0. The van der Waals surface area contributed by atoms with Crippen molar-refractivity contribution < 1.29 is 4.39 Å². The van der Waals surface area contributed by atoms with Crippen molar-refractivity contribution in [1.82, 2.24) is 4.90 Å². The molecule has 1 fully saturated rings. The second-order valence-electron chi connectivity index (χ2n) is 5.22. The van der Waals surface area contributed by atoms with E-state index in [1.807, 2.05) is 30.8 Å². The third kappa shape index (κ3) is 3.50. The molecule has 1 aromatic carbocycles. The zero-order valence-electron chi connectivity index (χ0n) is 11.7. The van der Waals surface area contributed by atoms with E-state index in [9.17, 15) is 4.39 Å². The SMILES string of the molecule is CCC1CN(C(c2ccccc2F)C(C)N)CCS1. The van der Waals surface area contributed by atoms with Crippen LogP contribution in [0.15, 0.2) is 24.3 Å². The molecule has 1 saturated heterocycles. The fraction of sp³-hybridized carbons (Fsp3) is 0.600. The number of halogens is 1. The van der Waals surface area contributed by atoms with Crippen LogP contribution in [0.2, 0.25) is 0 Å². The summed E-state index contributed by atoms with van der Waals surface area (Å²) in [5.41, 5.74) is 6.88. The van der Waals surface area contributed by atoms with E-state index in [1.165, 1.54) is 6.07 Å². The monoisotopic (exact) mass is 282 g/mol. The molecule has 4 heteroatoms. The first-order chi connectivity index (χ1) is 9.13. The molecule has 0 radical (unpaired) electrons. The van der Waals surface area contributed by atoms with Crippen molar-refractivity contribution in [3.8, 4) is 0 Å². The minimum atomic E-state index is -0.143. The maximum absolute atomic E-state index is 14.0. The summed E-state index contributed by atoms with van der Waals surface area (Å²) in [6.07, 6.45) is 1.16. The number of hydrogen-bond acceptors (Lipinski definition) is 3. The van der Waals surface area contributed by atoms with Crippen LogP contribution in [-0.2, 0) is 0 Å². The van der Waals surface area contributed by atoms with Crippen LogP contribution in [-0.4, -0.2) is 35.0 Å². The fourth-order valence-electron chi connectivity index (χ4n) is 2.77. The molecular weight excluding hydrogens is 259 g/mol. The third-order valence-corrected chi connectivity index (χ3v) is 5.11. The summed E-state index contributed by atoms with van der Waals surface area (Å²) in [6, 6.07) is 6.93. The van der Waals surface area contributed by atoms with Gasteiger partial charge in [0.05, 0.1) is 6.04 Å². The van der Waals surface area contributed by atoms with Gasteiger partial charge in [-0.05, 0) is 19.4 Å². The second kappa shape index (κ2) is 6.73. The predicted octanol–water partition coefficient (Wildman–Crippen LogP) is 3.04. The van der Waals surface area contributed by atoms with Gasteiger partial charge in [0.25, 0.3) is 0 Å². The summed E-state index contributed by atoms with van der Waals surface area (Å²) in [7, 11) is 0. The Hall–Kier alpha value is -0.580. The molecule has 1 aliphatic rings. The summed E-state index contributed by atoms with van der Waals surface area (Å²) in [6.45, 7) is 6.17. The molecule has 0 aromatic heterocycles. The number of rotatable bonds is 4. The molecule has 0 spiro atoms. The summed E-state index contributed by atoms with van der Waals surface area (Å²) in [5.74, 6) is 0.965. The van der Waals surface area contributed by atoms with E-state index in [-0.39, 0.29) is 17.9 Å². The van der Waals surface area contributed by atoms with Gasteiger partial charge in [-0.3, -0.25) is 4.90 Å². The molecule has 3 unspecified atom stereocenters. The Morgan fingerprint density at radius 3 is 2.84 bits per heavy atom. The Balaban J connectivity index is 2.23. The van der Waals surface area contributed by atoms with Gasteiger partial charge in [0, 0.05) is 35.7 Å². The maximum atomic E-state index is 14.0. The minimum Gasteiger partial charge on any atom is -0.326 e. The van der Waals surface area contributed by atoms with Gasteiger partial charge < -0.3 is 5.73 Å². The van der Waals surface area contributed by atoms with E-state index in [0.717, 1.165) is 30.8 Å². The van der Waals surface area contributed by atoms with Crippen molar-refractivity contribution >= 4 is 11.8 Å². The average Bonchev–Trinajstić information content (AvgIpc) is 2.41.